The lowest BCUT2D eigenvalue weighted by molar-refractivity contribution is 0.0935. The summed E-state index contributed by atoms with van der Waals surface area (Å²) in [5, 5.41) is 3.49. The van der Waals surface area contributed by atoms with Gasteiger partial charge in [0.2, 0.25) is 0 Å². The van der Waals surface area contributed by atoms with Crippen molar-refractivity contribution >= 4 is 33.2 Å². The molecule has 0 aliphatic rings. The molecule has 0 heterocycles. The number of amides is 1. The third kappa shape index (κ3) is 4.83. The predicted octanol–water partition coefficient (Wildman–Crippen LogP) is 5.05. The van der Waals surface area contributed by atoms with Crippen molar-refractivity contribution in [1.82, 2.24) is 5.32 Å². The van der Waals surface area contributed by atoms with E-state index in [1.54, 1.807) is 24.3 Å². The van der Waals surface area contributed by atoms with Crippen molar-refractivity contribution in [1.29, 1.82) is 0 Å². The highest BCUT2D eigenvalue weighted by Crippen LogP contribution is 2.24. The van der Waals surface area contributed by atoms with E-state index in [0.29, 0.717) is 16.3 Å². The number of nitrogens with one attached hydrogen (secondary N) is 1. The zero-order valence-corrected chi connectivity index (χ0v) is 18.3. The lowest BCUT2D eigenvalue weighted by Gasteiger charge is -2.20. The Morgan fingerprint density at radius 3 is 2.13 bits per heavy atom. The monoisotopic (exact) mass is 442 g/mol. The van der Waals surface area contributed by atoms with Gasteiger partial charge in [-0.05, 0) is 60.5 Å². The molecule has 1 N–H and O–H groups in total. The molecule has 0 unspecified atom stereocenters. The standard InChI is InChI=1S/C23H23ClN2O3S/c1-3-22(17-7-5-4-6-8-17)25-23(27)18-9-13-20(14-10-18)26(2)30(28,29)21-15-11-19(24)12-16-21/h4-16,22H,3H2,1-2H3,(H,25,27)/t22-/m1/s1. The van der Waals surface area contributed by atoms with Crippen molar-refractivity contribution in [2.75, 3.05) is 11.4 Å². The van der Waals surface area contributed by atoms with Crippen LogP contribution in [0.4, 0.5) is 5.69 Å². The fourth-order valence-corrected chi connectivity index (χ4v) is 4.40. The third-order valence-electron chi connectivity index (χ3n) is 4.88. The number of hydrogen-bond donors (Lipinski definition) is 1. The van der Waals surface area contributed by atoms with Gasteiger partial charge in [-0.2, -0.15) is 0 Å². The number of benzene rings is 3. The smallest absolute Gasteiger partial charge is 0.264 e. The molecule has 1 atom stereocenters. The Morgan fingerprint density at radius 2 is 1.57 bits per heavy atom. The first-order chi connectivity index (χ1) is 14.3. The zero-order valence-electron chi connectivity index (χ0n) is 16.7. The summed E-state index contributed by atoms with van der Waals surface area (Å²) in [4.78, 5) is 12.8. The van der Waals surface area contributed by atoms with Crippen LogP contribution in [0.5, 0.6) is 0 Å². The lowest BCUT2D eigenvalue weighted by atomic mass is 10.0. The first kappa shape index (κ1) is 21.9. The Morgan fingerprint density at radius 1 is 0.967 bits per heavy atom. The summed E-state index contributed by atoms with van der Waals surface area (Å²) in [6, 6.07) is 22.2. The molecule has 5 nitrogen and oxygen atoms in total. The molecule has 1 amide bonds. The largest absolute Gasteiger partial charge is 0.345 e. The van der Waals surface area contributed by atoms with Crippen LogP contribution in [0.2, 0.25) is 5.02 Å². The van der Waals surface area contributed by atoms with Crippen LogP contribution in [0.3, 0.4) is 0 Å². The molecule has 0 bridgehead atoms. The molecule has 0 aliphatic heterocycles. The molecule has 0 radical (unpaired) electrons. The van der Waals surface area contributed by atoms with E-state index < -0.39 is 10.0 Å². The fraction of sp³-hybridized carbons (Fsp3) is 0.174. The molecule has 3 aromatic rings. The molecule has 0 saturated heterocycles. The second-order valence-electron chi connectivity index (χ2n) is 6.82. The van der Waals surface area contributed by atoms with Gasteiger partial charge in [-0.1, -0.05) is 48.9 Å². The highest BCUT2D eigenvalue weighted by Gasteiger charge is 2.21. The van der Waals surface area contributed by atoms with Gasteiger partial charge in [0.25, 0.3) is 15.9 Å². The second kappa shape index (κ2) is 9.32. The maximum absolute atomic E-state index is 12.8. The van der Waals surface area contributed by atoms with Gasteiger partial charge in [0.1, 0.15) is 0 Å². The number of sulfonamides is 1. The van der Waals surface area contributed by atoms with Crippen molar-refractivity contribution in [2.45, 2.75) is 24.3 Å². The predicted molar refractivity (Wildman–Crippen MR) is 120 cm³/mol. The van der Waals surface area contributed by atoms with Gasteiger partial charge in [0, 0.05) is 17.6 Å². The molecule has 7 heteroatoms. The summed E-state index contributed by atoms with van der Waals surface area (Å²) >= 11 is 5.84. The van der Waals surface area contributed by atoms with Crippen LogP contribution in [0.15, 0.2) is 83.8 Å². The number of hydrogen-bond acceptors (Lipinski definition) is 3. The normalized spacial score (nSPS) is 12.2. The average molecular weight is 443 g/mol. The zero-order chi connectivity index (χ0) is 21.7. The van der Waals surface area contributed by atoms with Gasteiger partial charge in [-0.15, -0.1) is 0 Å². The first-order valence-electron chi connectivity index (χ1n) is 9.53. The average Bonchev–Trinajstić information content (AvgIpc) is 2.77. The van der Waals surface area contributed by atoms with Crippen LogP contribution in [-0.2, 0) is 10.0 Å². The Bertz CT molecular complexity index is 1100. The summed E-state index contributed by atoms with van der Waals surface area (Å²) in [6.07, 6.45) is 0.760. The molecular weight excluding hydrogens is 420 g/mol. The van der Waals surface area contributed by atoms with E-state index in [2.05, 4.69) is 5.32 Å². The maximum atomic E-state index is 12.8. The van der Waals surface area contributed by atoms with E-state index in [4.69, 9.17) is 11.6 Å². The van der Waals surface area contributed by atoms with E-state index in [1.807, 2.05) is 37.3 Å². The van der Waals surface area contributed by atoms with E-state index in [9.17, 15) is 13.2 Å². The second-order valence-corrected chi connectivity index (χ2v) is 9.22. The van der Waals surface area contributed by atoms with Gasteiger partial charge in [0.15, 0.2) is 0 Å². The third-order valence-corrected chi connectivity index (χ3v) is 6.93. The van der Waals surface area contributed by atoms with Crippen LogP contribution in [0.1, 0.15) is 35.3 Å². The van der Waals surface area contributed by atoms with Crippen LogP contribution in [0.25, 0.3) is 0 Å². The van der Waals surface area contributed by atoms with Crippen LogP contribution < -0.4 is 9.62 Å². The quantitative estimate of drug-likeness (QED) is 0.557. The summed E-state index contributed by atoms with van der Waals surface area (Å²) in [7, 11) is -2.25. The molecule has 0 fully saturated rings. The van der Waals surface area contributed by atoms with Crippen LogP contribution in [0, 0.1) is 0 Å². The molecular formula is C23H23ClN2O3S. The fourth-order valence-electron chi connectivity index (χ4n) is 3.07. The Labute approximate surface area is 182 Å². The highest BCUT2D eigenvalue weighted by atomic mass is 35.5. The van der Waals surface area contributed by atoms with E-state index in [-0.39, 0.29) is 16.8 Å². The van der Waals surface area contributed by atoms with Crippen LogP contribution in [-0.4, -0.2) is 21.4 Å². The molecule has 0 aromatic heterocycles. The minimum absolute atomic E-state index is 0.0914. The van der Waals surface area contributed by atoms with Crippen molar-refractivity contribution < 1.29 is 13.2 Å². The van der Waals surface area contributed by atoms with Crippen molar-refractivity contribution in [3.63, 3.8) is 0 Å². The molecule has 3 rings (SSSR count). The number of rotatable bonds is 7. The Balaban J connectivity index is 1.75. The molecule has 0 aliphatic carbocycles. The lowest BCUT2D eigenvalue weighted by Crippen LogP contribution is -2.28. The van der Waals surface area contributed by atoms with E-state index >= 15 is 0 Å². The summed E-state index contributed by atoms with van der Waals surface area (Å²) in [6.45, 7) is 2.01. The van der Waals surface area contributed by atoms with Gasteiger partial charge in [-0.25, -0.2) is 8.42 Å². The Kier molecular flexibility index (Phi) is 6.80. The number of carbonyl (C=O) groups excluding carboxylic acids is 1. The summed E-state index contributed by atoms with van der Waals surface area (Å²) in [5.74, 6) is -0.208. The molecule has 30 heavy (non-hydrogen) atoms. The molecule has 0 saturated carbocycles. The Hall–Kier alpha value is -2.83. The number of halogens is 1. The number of carbonyl (C=O) groups is 1. The molecule has 3 aromatic carbocycles. The molecule has 156 valence electrons. The molecule has 0 spiro atoms. The van der Waals surface area contributed by atoms with Crippen molar-refractivity contribution in [3.05, 3.63) is 95.0 Å². The number of anilines is 1. The van der Waals surface area contributed by atoms with Gasteiger partial charge < -0.3 is 5.32 Å². The summed E-state index contributed by atoms with van der Waals surface area (Å²) < 4.78 is 26.8. The first-order valence-corrected chi connectivity index (χ1v) is 11.3. The van der Waals surface area contributed by atoms with Crippen molar-refractivity contribution in [3.8, 4) is 0 Å². The van der Waals surface area contributed by atoms with Crippen molar-refractivity contribution in [2.24, 2.45) is 0 Å². The van der Waals surface area contributed by atoms with Gasteiger partial charge >= 0.3 is 0 Å². The topological polar surface area (TPSA) is 66.5 Å². The number of nitrogens with zero attached hydrogens (tertiary/aromatic N) is 1. The minimum atomic E-state index is -3.73. The highest BCUT2D eigenvalue weighted by molar-refractivity contribution is 7.92. The SMILES string of the molecule is CC[C@@H](NC(=O)c1ccc(N(C)S(=O)(=O)c2ccc(Cl)cc2)cc1)c1ccccc1. The van der Waals surface area contributed by atoms with Crippen LogP contribution >= 0.6 is 11.6 Å². The minimum Gasteiger partial charge on any atom is -0.345 e. The van der Waals surface area contributed by atoms with E-state index in [1.165, 1.54) is 35.6 Å². The van der Waals surface area contributed by atoms with E-state index in [0.717, 1.165) is 12.0 Å². The van der Waals surface area contributed by atoms with Gasteiger partial charge in [0.05, 0.1) is 16.6 Å². The summed E-state index contributed by atoms with van der Waals surface area (Å²) in [5.41, 5.74) is 1.96. The maximum Gasteiger partial charge on any atom is 0.264 e. The van der Waals surface area contributed by atoms with Gasteiger partial charge in [-0.3, -0.25) is 9.10 Å².